The van der Waals surface area contributed by atoms with Gasteiger partial charge in [-0.05, 0) is 23.3 Å². The lowest BCUT2D eigenvalue weighted by molar-refractivity contribution is -0.385. The standard InChI is InChI=1S/C17H18N4O5/c1-9(13-7-11(20(23)24)3-5-15(13)18)17(22)10(2)14-8-12(21(25)26)4-6-16(14)19/h3-10H,18-19H2,1-2H3. The molecule has 26 heavy (non-hydrogen) atoms. The van der Waals surface area contributed by atoms with Crippen molar-refractivity contribution in [3.05, 3.63) is 67.8 Å². The van der Waals surface area contributed by atoms with Crippen LogP contribution in [0.15, 0.2) is 36.4 Å². The number of hydrogen-bond donors (Lipinski definition) is 2. The van der Waals surface area contributed by atoms with E-state index in [0.29, 0.717) is 11.1 Å². The molecule has 0 amide bonds. The molecule has 4 N–H and O–H groups in total. The van der Waals surface area contributed by atoms with Crippen LogP contribution in [0.3, 0.4) is 0 Å². The Hall–Kier alpha value is -3.49. The number of nitro benzene ring substituents is 2. The van der Waals surface area contributed by atoms with Gasteiger partial charge in [0.25, 0.3) is 11.4 Å². The molecule has 0 fully saturated rings. The van der Waals surface area contributed by atoms with E-state index >= 15 is 0 Å². The number of nitrogen functional groups attached to an aromatic ring is 2. The van der Waals surface area contributed by atoms with Crippen LogP contribution in [-0.2, 0) is 4.79 Å². The third kappa shape index (κ3) is 3.61. The highest BCUT2D eigenvalue weighted by atomic mass is 16.6. The summed E-state index contributed by atoms with van der Waals surface area (Å²) in [6, 6.07) is 7.81. The van der Waals surface area contributed by atoms with Gasteiger partial charge in [0.2, 0.25) is 0 Å². The normalized spacial score (nSPS) is 13.0. The van der Waals surface area contributed by atoms with E-state index in [4.69, 9.17) is 11.5 Å². The fourth-order valence-corrected chi connectivity index (χ4v) is 2.78. The minimum absolute atomic E-state index is 0.170. The number of ketones is 1. The third-order valence-corrected chi connectivity index (χ3v) is 4.35. The number of rotatable bonds is 6. The SMILES string of the molecule is CC(C(=O)C(C)c1cc([N+](=O)[O-])ccc1N)c1cc([N+](=O)[O-])ccc1N. The number of carbonyl (C=O) groups is 1. The number of non-ortho nitro benzene ring substituents is 2. The lowest BCUT2D eigenvalue weighted by atomic mass is 9.84. The molecule has 0 aromatic heterocycles. The van der Waals surface area contributed by atoms with Crippen molar-refractivity contribution < 1.29 is 14.6 Å². The predicted octanol–water partition coefficient (Wildman–Crippen LogP) is 3.14. The van der Waals surface area contributed by atoms with Crippen molar-refractivity contribution in [1.82, 2.24) is 0 Å². The van der Waals surface area contributed by atoms with Gasteiger partial charge in [-0.25, -0.2) is 0 Å². The van der Waals surface area contributed by atoms with Crippen LogP contribution in [0.1, 0.15) is 36.8 Å². The van der Waals surface area contributed by atoms with Gasteiger partial charge in [0.1, 0.15) is 5.78 Å². The average Bonchev–Trinajstić information content (AvgIpc) is 2.60. The van der Waals surface area contributed by atoms with Crippen molar-refractivity contribution in [2.45, 2.75) is 25.7 Å². The van der Waals surface area contributed by atoms with E-state index in [9.17, 15) is 25.0 Å². The Labute approximate surface area is 148 Å². The summed E-state index contributed by atoms with van der Waals surface area (Å²) < 4.78 is 0. The quantitative estimate of drug-likeness (QED) is 0.456. The zero-order chi connectivity index (χ0) is 19.6. The second kappa shape index (κ2) is 7.18. The van der Waals surface area contributed by atoms with Crippen LogP contribution in [0.25, 0.3) is 0 Å². The zero-order valence-corrected chi connectivity index (χ0v) is 14.2. The molecule has 0 saturated heterocycles. The summed E-state index contributed by atoms with van der Waals surface area (Å²) in [5.74, 6) is -1.79. The van der Waals surface area contributed by atoms with Crippen molar-refractivity contribution in [2.24, 2.45) is 0 Å². The monoisotopic (exact) mass is 358 g/mol. The van der Waals surface area contributed by atoms with E-state index < -0.39 is 21.7 Å². The molecule has 0 radical (unpaired) electrons. The fraction of sp³-hybridized carbons (Fsp3) is 0.235. The summed E-state index contributed by atoms with van der Waals surface area (Å²) in [6.45, 7) is 3.17. The van der Waals surface area contributed by atoms with E-state index in [1.165, 1.54) is 36.4 Å². The Kier molecular flexibility index (Phi) is 5.20. The van der Waals surface area contributed by atoms with E-state index in [0.717, 1.165) is 0 Å². The number of Topliss-reactive ketones (excluding diaryl/α,β-unsaturated/α-hetero) is 1. The molecule has 9 nitrogen and oxygen atoms in total. The molecule has 2 unspecified atom stereocenters. The van der Waals surface area contributed by atoms with Gasteiger partial charge >= 0.3 is 0 Å². The Morgan fingerprint density at radius 3 is 1.50 bits per heavy atom. The van der Waals surface area contributed by atoms with E-state index in [2.05, 4.69) is 0 Å². The van der Waals surface area contributed by atoms with Gasteiger partial charge in [0.05, 0.1) is 9.85 Å². The molecular weight excluding hydrogens is 340 g/mol. The molecule has 0 spiro atoms. The van der Waals surface area contributed by atoms with Gasteiger partial charge in [0.15, 0.2) is 0 Å². The first-order valence-corrected chi connectivity index (χ1v) is 7.74. The first-order chi connectivity index (χ1) is 12.1. The minimum Gasteiger partial charge on any atom is -0.398 e. The van der Waals surface area contributed by atoms with E-state index in [-0.39, 0.29) is 28.5 Å². The minimum atomic E-state index is -0.747. The number of anilines is 2. The number of carbonyl (C=O) groups excluding carboxylic acids is 1. The summed E-state index contributed by atoms with van der Waals surface area (Å²) in [7, 11) is 0. The largest absolute Gasteiger partial charge is 0.398 e. The smallest absolute Gasteiger partial charge is 0.269 e. The summed E-state index contributed by atoms with van der Waals surface area (Å²) in [5.41, 5.74) is 12.6. The molecule has 0 aliphatic heterocycles. The van der Waals surface area contributed by atoms with Crippen molar-refractivity contribution >= 4 is 28.5 Å². The maximum atomic E-state index is 12.9. The van der Waals surface area contributed by atoms with Gasteiger partial charge in [0, 0.05) is 47.5 Å². The highest BCUT2D eigenvalue weighted by molar-refractivity contribution is 5.93. The van der Waals surface area contributed by atoms with Gasteiger partial charge in [-0.1, -0.05) is 13.8 Å². The molecule has 0 heterocycles. The Morgan fingerprint density at radius 2 is 1.19 bits per heavy atom. The Bertz CT molecular complexity index is 825. The van der Waals surface area contributed by atoms with Crippen LogP contribution in [0.4, 0.5) is 22.7 Å². The molecule has 2 rings (SSSR count). The van der Waals surface area contributed by atoms with Gasteiger partial charge in [-0.15, -0.1) is 0 Å². The summed E-state index contributed by atoms with van der Waals surface area (Å²) in [4.78, 5) is 33.6. The number of nitrogens with two attached hydrogens (primary N) is 2. The van der Waals surface area contributed by atoms with Crippen molar-refractivity contribution in [1.29, 1.82) is 0 Å². The summed E-state index contributed by atoms with van der Waals surface area (Å²) in [5, 5.41) is 21.9. The van der Waals surface area contributed by atoms with Gasteiger partial charge in [-0.2, -0.15) is 0 Å². The zero-order valence-electron chi connectivity index (χ0n) is 14.2. The summed E-state index contributed by atoms with van der Waals surface area (Å²) in [6.07, 6.45) is 0. The second-order valence-corrected chi connectivity index (χ2v) is 5.99. The van der Waals surface area contributed by atoms with Gasteiger partial charge < -0.3 is 11.5 Å². The van der Waals surface area contributed by atoms with E-state index in [1.807, 2.05) is 0 Å². The lowest BCUT2D eigenvalue weighted by Gasteiger charge is -2.19. The highest BCUT2D eigenvalue weighted by Gasteiger charge is 2.27. The molecule has 9 heteroatoms. The summed E-state index contributed by atoms with van der Waals surface area (Å²) >= 11 is 0. The van der Waals surface area contributed by atoms with Gasteiger partial charge in [-0.3, -0.25) is 25.0 Å². The highest BCUT2D eigenvalue weighted by Crippen LogP contribution is 2.34. The second-order valence-electron chi connectivity index (χ2n) is 5.99. The number of nitro groups is 2. The molecule has 2 aromatic carbocycles. The van der Waals surface area contributed by atoms with Crippen LogP contribution in [0, 0.1) is 20.2 Å². The number of hydrogen-bond acceptors (Lipinski definition) is 7. The topological polar surface area (TPSA) is 155 Å². The molecular formula is C17H18N4O5. The molecule has 0 aliphatic carbocycles. The molecule has 0 bridgehead atoms. The maximum Gasteiger partial charge on any atom is 0.269 e. The first kappa shape index (κ1) is 18.8. The molecule has 0 saturated carbocycles. The van der Waals surface area contributed by atoms with E-state index in [1.54, 1.807) is 13.8 Å². The Morgan fingerprint density at radius 1 is 0.846 bits per heavy atom. The molecule has 2 aromatic rings. The number of benzene rings is 2. The molecule has 2 atom stereocenters. The Balaban J connectivity index is 2.40. The van der Waals surface area contributed by atoms with Crippen LogP contribution in [0.2, 0.25) is 0 Å². The van der Waals surface area contributed by atoms with Crippen LogP contribution in [0.5, 0.6) is 0 Å². The molecule has 0 aliphatic rings. The van der Waals surface area contributed by atoms with Crippen molar-refractivity contribution in [3.8, 4) is 0 Å². The van der Waals surface area contributed by atoms with Crippen LogP contribution in [-0.4, -0.2) is 15.6 Å². The van der Waals surface area contributed by atoms with Crippen LogP contribution < -0.4 is 11.5 Å². The van der Waals surface area contributed by atoms with Crippen LogP contribution >= 0.6 is 0 Å². The van der Waals surface area contributed by atoms with Crippen molar-refractivity contribution in [3.63, 3.8) is 0 Å². The maximum absolute atomic E-state index is 12.9. The average molecular weight is 358 g/mol. The molecule has 136 valence electrons. The number of nitrogens with zero attached hydrogens (tertiary/aromatic N) is 2. The van der Waals surface area contributed by atoms with Crippen molar-refractivity contribution in [2.75, 3.05) is 11.5 Å². The third-order valence-electron chi connectivity index (χ3n) is 4.35. The fourth-order valence-electron chi connectivity index (χ4n) is 2.78. The lowest BCUT2D eigenvalue weighted by Crippen LogP contribution is -2.19. The first-order valence-electron chi connectivity index (χ1n) is 7.74. The predicted molar refractivity (Wildman–Crippen MR) is 96.9 cm³/mol.